The van der Waals surface area contributed by atoms with E-state index in [0.29, 0.717) is 24.5 Å². The summed E-state index contributed by atoms with van der Waals surface area (Å²) in [6.07, 6.45) is 1.84. The van der Waals surface area contributed by atoms with Crippen molar-refractivity contribution in [1.29, 1.82) is 0 Å². The molecule has 0 aliphatic rings. The Labute approximate surface area is 118 Å². The van der Waals surface area contributed by atoms with E-state index in [1.54, 1.807) is 31.2 Å². The third-order valence-corrected chi connectivity index (χ3v) is 2.24. The van der Waals surface area contributed by atoms with Crippen molar-refractivity contribution in [3.63, 3.8) is 0 Å². The largest absolute Gasteiger partial charge is 0.498 e. The minimum Gasteiger partial charge on any atom is -0.498 e. The van der Waals surface area contributed by atoms with Crippen molar-refractivity contribution < 1.29 is 23.7 Å². The molecule has 5 nitrogen and oxygen atoms in total. The SMILES string of the molecule is C=COCCOc1ccccc1C(=O)OC(C)OC=C. The maximum absolute atomic E-state index is 12.0. The molecule has 1 unspecified atom stereocenters. The smallest absolute Gasteiger partial charge is 0.344 e. The minimum atomic E-state index is -0.711. The number of esters is 1. The van der Waals surface area contributed by atoms with Gasteiger partial charge in [-0.05, 0) is 12.1 Å². The standard InChI is InChI=1S/C15H18O5/c1-4-17-10-11-19-14-9-7-6-8-13(14)15(16)20-12(3)18-5-2/h4-9,12H,1-2,10-11H2,3H3. The first kappa shape index (κ1) is 15.6. The summed E-state index contributed by atoms with van der Waals surface area (Å²) in [5.74, 6) is -0.101. The molecule has 0 saturated carbocycles. The molecule has 0 saturated heterocycles. The normalized spacial score (nSPS) is 11.1. The van der Waals surface area contributed by atoms with Crippen LogP contribution in [0.4, 0.5) is 0 Å². The number of benzene rings is 1. The first-order valence-corrected chi connectivity index (χ1v) is 6.10. The van der Waals surface area contributed by atoms with E-state index in [4.69, 9.17) is 18.9 Å². The second-order valence-corrected chi connectivity index (χ2v) is 3.66. The van der Waals surface area contributed by atoms with Gasteiger partial charge in [-0.3, -0.25) is 0 Å². The van der Waals surface area contributed by atoms with Crippen LogP contribution in [-0.2, 0) is 14.2 Å². The van der Waals surface area contributed by atoms with Crippen LogP contribution < -0.4 is 4.74 Å². The molecule has 108 valence electrons. The molecule has 0 heterocycles. The molecule has 1 aromatic carbocycles. The van der Waals surface area contributed by atoms with Crippen molar-refractivity contribution in [2.75, 3.05) is 13.2 Å². The van der Waals surface area contributed by atoms with Crippen molar-refractivity contribution in [3.8, 4) is 5.75 Å². The third-order valence-electron chi connectivity index (χ3n) is 2.24. The second-order valence-electron chi connectivity index (χ2n) is 3.66. The van der Waals surface area contributed by atoms with Gasteiger partial charge in [-0.2, -0.15) is 0 Å². The first-order chi connectivity index (χ1) is 9.69. The van der Waals surface area contributed by atoms with Crippen molar-refractivity contribution >= 4 is 5.97 Å². The molecule has 0 aliphatic carbocycles. The molecule has 1 atom stereocenters. The highest BCUT2D eigenvalue weighted by Gasteiger charge is 2.16. The van der Waals surface area contributed by atoms with Gasteiger partial charge in [0, 0.05) is 6.92 Å². The van der Waals surface area contributed by atoms with Gasteiger partial charge >= 0.3 is 5.97 Å². The molecule has 0 aromatic heterocycles. The van der Waals surface area contributed by atoms with Crippen molar-refractivity contribution in [2.24, 2.45) is 0 Å². The summed E-state index contributed by atoms with van der Waals surface area (Å²) >= 11 is 0. The Morgan fingerprint density at radius 3 is 2.70 bits per heavy atom. The molecular formula is C15H18O5. The zero-order valence-electron chi connectivity index (χ0n) is 11.4. The highest BCUT2D eigenvalue weighted by molar-refractivity contribution is 5.92. The zero-order chi connectivity index (χ0) is 14.8. The fourth-order valence-corrected chi connectivity index (χ4v) is 1.42. The van der Waals surface area contributed by atoms with Crippen LogP contribution in [0.25, 0.3) is 0 Å². The summed E-state index contributed by atoms with van der Waals surface area (Å²) < 4.78 is 20.4. The summed E-state index contributed by atoms with van der Waals surface area (Å²) in [7, 11) is 0. The lowest BCUT2D eigenvalue weighted by Gasteiger charge is -2.14. The van der Waals surface area contributed by atoms with Crippen molar-refractivity contribution in [1.82, 2.24) is 0 Å². The topological polar surface area (TPSA) is 54.0 Å². The zero-order valence-corrected chi connectivity index (χ0v) is 11.4. The Bertz CT molecular complexity index is 455. The van der Waals surface area contributed by atoms with Gasteiger partial charge in [0.1, 0.15) is 24.5 Å². The van der Waals surface area contributed by atoms with Gasteiger partial charge in [-0.1, -0.05) is 25.3 Å². The fourth-order valence-electron chi connectivity index (χ4n) is 1.42. The molecule has 0 fully saturated rings. The lowest BCUT2D eigenvalue weighted by atomic mass is 10.2. The third kappa shape index (κ3) is 5.06. The summed E-state index contributed by atoms with van der Waals surface area (Å²) in [4.78, 5) is 12.0. The average molecular weight is 278 g/mol. The fraction of sp³-hybridized carbons (Fsp3) is 0.267. The van der Waals surface area contributed by atoms with Crippen LogP contribution in [0, 0.1) is 0 Å². The van der Waals surface area contributed by atoms with Crippen LogP contribution in [0.5, 0.6) is 5.75 Å². The maximum atomic E-state index is 12.0. The number of carbonyl (C=O) groups is 1. The Morgan fingerprint density at radius 1 is 1.25 bits per heavy atom. The van der Waals surface area contributed by atoms with Crippen molar-refractivity contribution in [3.05, 3.63) is 55.5 Å². The quantitative estimate of drug-likeness (QED) is 0.301. The van der Waals surface area contributed by atoms with E-state index in [1.807, 2.05) is 0 Å². The number of hydrogen-bond acceptors (Lipinski definition) is 5. The Balaban J connectivity index is 2.66. The van der Waals surface area contributed by atoms with Crippen LogP contribution >= 0.6 is 0 Å². The van der Waals surface area contributed by atoms with E-state index in [1.165, 1.54) is 12.5 Å². The summed E-state index contributed by atoms with van der Waals surface area (Å²) in [5, 5.41) is 0. The van der Waals surface area contributed by atoms with E-state index < -0.39 is 12.3 Å². The Morgan fingerprint density at radius 2 is 2.00 bits per heavy atom. The van der Waals surface area contributed by atoms with Gasteiger partial charge < -0.3 is 18.9 Å². The molecule has 0 bridgehead atoms. The van der Waals surface area contributed by atoms with E-state index in [0.717, 1.165) is 0 Å². The second kappa shape index (κ2) is 8.63. The molecule has 0 aliphatic heterocycles. The molecule has 1 rings (SSSR count). The Kier molecular flexibility index (Phi) is 6.75. The molecule has 0 N–H and O–H groups in total. The molecule has 0 spiro atoms. The Hall–Kier alpha value is -2.43. The highest BCUT2D eigenvalue weighted by Crippen LogP contribution is 2.19. The molecular weight excluding hydrogens is 260 g/mol. The summed E-state index contributed by atoms with van der Waals surface area (Å²) in [6, 6.07) is 6.79. The number of carbonyl (C=O) groups excluding carboxylic acids is 1. The van der Waals surface area contributed by atoms with Gasteiger partial charge in [-0.15, -0.1) is 0 Å². The minimum absolute atomic E-state index is 0.301. The van der Waals surface area contributed by atoms with E-state index in [-0.39, 0.29) is 0 Å². The molecule has 5 heteroatoms. The number of para-hydroxylation sites is 1. The van der Waals surface area contributed by atoms with E-state index in [2.05, 4.69) is 13.2 Å². The van der Waals surface area contributed by atoms with Gasteiger partial charge in [-0.25, -0.2) is 4.79 Å². The van der Waals surface area contributed by atoms with Crippen molar-refractivity contribution in [2.45, 2.75) is 13.2 Å². The lowest BCUT2D eigenvalue weighted by Crippen LogP contribution is -2.17. The number of rotatable bonds is 9. The van der Waals surface area contributed by atoms with Gasteiger partial charge in [0.05, 0.1) is 12.5 Å². The predicted octanol–water partition coefficient (Wildman–Crippen LogP) is 2.89. The molecule has 20 heavy (non-hydrogen) atoms. The van der Waals surface area contributed by atoms with Crippen LogP contribution in [0.3, 0.4) is 0 Å². The average Bonchev–Trinajstić information content (AvgIpc) is 2.44. The van der Waals surface area contributed by atoms with Crippen LogP contribution in [0.15, 0.2) is 49.9 Å². The maximum Gasteiger partial charge on any atom is 0.344 e. The van der Waals surface area contributed by atoms with Gasteiger partial charge in [0.2, 0.25) is 6.29 Å². The van der Waals surface area contributed by atoms with Gasteiger partial charge in [0.15, 0.2) is 0 Å². The molecule has 0 amide bonds. The number of ether oxygens (including phenoxy) is 4. The van der Waals surface area contributed by atoms with Crippen LogP contribution in [0.1, 0.15) is 17.3 Å². The van der Waals surface area contributed by atoms with E-state index in [9.17, 15) is 4.79 Å². The monoisotopic (exact) mass is 278 g/mol. The number of hydrogen-bond donors (Lipinski definition) is 0. The van der Waals surface area contributed by atoms with Crippen LogP contribution in [0.2, 0.25) is 0 Å². The summed E-state index contributed by atoms with van der Waals surface area (Å²) in [5.41, 5.74) is 0.325. The lowest BCUT2D eigenvalue weighted by molar-refractivity contribution is -0.0600. The van der Waals surface area contributed by atoms with E-state index >= 15 is 0 Å². The van der Waals surface area contributed by atoms with Gasteiger partial charge in [0.25, 0.3) is 0 Å². The first-order valence-electron chi connectivity index (χ1n) is 6.10. The molecule has 0 radical (unpaired) electrons. The highest BCUT2D eigenvalue weighted by atomic mass is 16.7. The van der Waals surface area contributed by atoms with Crippen LogP contribution in [-0.4, -0.2) is 25.5 Å². The summed E-state index contributed by atoms with van der Waals surface area (Å²) in [6.45, 7) is 9.07. The molecule has 1 aromatic rings. The predicted molar refractivity (Wildman–Crippen MR) is 74.2 cm³/mol.